The monoisotopic (exact) mass is 356 g/mol. The average Bonchev–Trinajstić information content (AvgIpc) is 3.19. The molecule has 0 radical (unpaired) electrons. The fourth-order valence-corrected chi connectivity index (χ4v) is 3.34. The van der Waals surface area contributed by atoms with Crippen molar-refractivity contribution in [2.24, 2.45) is 11.7 Å². The highest BCUT2D eigenvalue weighted by atomic mass is 16.4. The van der Waals surface area contributed by atoms with Crippen LogP contribution in [0, 0.1) is 5.92 Å². The molecule has 140 valence electrons. The molecule has 2 aliphatic rings. The number of carbonyl (C=O) groups excluding carboxylic acids is 3. The third-order valence-corrected chi connectivity index (χ3v) is 4.74. The highest BCUT2D eigenvalue weighted by molar-refractivity contribution is 5.90. The van der Waals surface area contributed by atoms with Gasteiger partial charge < -0.3 is 26.2 Å². The summed E-state index contributed by atoms with van der Waals surface area (Å²) in [6.45, 7) is 2.18. The lowest BCUT2D eigenvalue weighted by atomic mass is 10.1. The van der Waals surface area contributed by atoms with Gasteiger partial charge in [0, 0.05) is 19.6 Å². The summed E-state index contributed by atoms with van der Waals surface area (Å²) in [6.07, 6.45) is -0.726. The Balaban J connectivity index is 1.94. The van der Waals surface area contributed by atoms with E-state index in [0.29, 0.717) is 32.4 Å². The smallest absolute Gasteiger partial charge is 0.407 e. The molecule has 10 heteroatoms. The van der Waals surface area contributed by atoms with Crippen molar-refractivity contribution >= 4 is 23.8 Å². The summed E-state index contributed by atoms with van der Waals surface area (Å²) in [6, 6.07) is -1.88. The lowest BCUT2D eigenvalue weighted by Gasteiger charge is -2.26. The summed E-state index contributed by atoms with van der Waals surface area (Å²) >= 11 is 0. The fraction of sp³-hybridized carbons (Fsp3) is 0.733. The van der Waals surface area contributed by atoms with Crippen molar-refractivity contribution in [1.29, 1.82) is 0 Å². The van der Waals surface area contributed by atoms with Crippen LogP contribution in [0.2, 0.25) is 0 Å². The van der Waals surface area contributed by atoms with E-state index < -0.39 is 42.0 Å². The predicted octanol–water partition coefficient (Wildman–Crippen LogP) is -1.67. The number of nitrogens with two attached hydrogens (primary N) is 1. The number of primary amides is 1. The van der Waals surface area contributed by atoms with E-state index >= 15 is 0 Å². The molecule has 0 spiro atoms. The molecule has 0 aromatic carbocycles. The molecule has 4 amide bonds. The molecule has 2 saturated heterocycles. The lowest BCUT2D eigenvalue weighted by Crippen LogP contribution is -2.52. The summed E-state index contributed by atoms with van der Waals surface area (Å²) < 4.78 is 0. The second kappa shape index (κ2) is 7.68. The van der Waals surface area contributed by atoms with Crippen LogP contribution in [0.15, 0.2) is 0 Å². The number of nitrogens with zero attached hydrogens (tertiary/aromatic N) is 2. The van der Waals surface area contributed by atoms with Gasteiger partial charge in [-0.1, -0.05) is 0 Å². The van der Waals surface area contributed by atoms with Gasteiger partial charge in [-0.25, -0.2) is 4.79 Å². The maximum absolute atomic E-state index is 12.5. The Bertz CT molecular complexity index is 566. The Morgan fingerprint density at radius 2 is 1.88 bits per heavy atom. The molecule has 0 bridgehead atoms. The number of aliphatic hydroxyl groups excluding tert-OH is 1. The first-order chi connectivity index (χ1) is 11.7. The Morgan fingerprint density at radius 1 is 1.20 bits per heavy atom. The van der Waals surface area contributed by atoms with Crippen molar-refractivity contribution in [2.75, 3.05) is 19.6 Å². The second-order valence-electron chi connectivity index (χ2n) is 6.53. The van der Waals surface area contributed by atoms with Crippen molar-refractivity contribution in [2.45, 2.75) is 44.4 Å². The molecule has 2 aliphatic heterocycles. The SMILES string of the molecule is C[C@@H](O)[C@H](NC(=O)C1CCN(C(=O)C2CCCN2C(=O)O)C1)C(N)=O. The Morgan fingerprint density at radius 3 is 2.44 bits per heavy atom. The standard InChI is InChI=1S/C15H24N4O6/c1-8(20)11(12(16)21)17-13(22)9-4-6-18(7-9)14(23)10-3-2-5-19(10)15(24)25/h8-11,20H,2-7H2,1H3,(H2,16,21)(H,17,22)(H,24,25)/t8-,9?,10?,11+/m1/s1. The maximum Gasteiger partial charge on any atom is 0.407 e. The first-order valence-corrected chi connectivity index (χ1v) is 8.28. The topological polar surface area (TPSA) is 153 Å². The normalized spacial score (nSPS) is 25.5. The number of hydrogen-bond acceptors (Lipinski definition) is 5. The van der Waals surface area contributed by atoms with Gasteiger partial charge in [0.25, 0.3) is 0 Å². The number of nitrogens with one attached hydrogen (secondary N) is 1. The van der Waals surface area contributed by atoms with E-state index in [0.717, 1.165) is 4.90 Å². The number of amides is 4. The van der Waals surface area contributed by atoms with Crippen LogP contribution >= 0.6 is 0 Å². The van der Waals surface area contributed by atoms with Crippen LogP contribution in [0.4, 0.5) is 4.79 Å². The number of hydrogen-bond donors (Lipinski definition) is 4. The van der Waals surface area contributed by atoms with Gasteiger partial charge in [-0.2, -0.15) is 0 Å². The highest BCUT2D eigenvalue weighted by Gasteiger charge is 2.40. The highest BCUT2D eigenvalue weighted by Crippen LogP contribution is 2.24. The molecule has 25 heavy (non-hydrogen) atoms. The molecule has 0 aliphatic carbocycles. The van der Waals surface area contributed by atoms with Crippen molar-refractivity contribution < 1.29 is 29.4 Å². The third kappa shape index (κ3) is 4.19. The van der Waals surface area contributed by atoms with Gasteiger partial charge in [0.1, 0.15) is 12.1 Å². The molecule has 2 unspecified atom stereocenters. The molecular formula is C15H24N4O6. The van der Waals surface area contributed by atoms with Crippen molar-refractivity contribution in [1.82, 2.24) is 15.1 Å². The van der Waals surface area contributed by atoms with Gasteiger partial charge in [0.2, 0.25) is 17.7 Å². The maximum atomic E-state index is 12.5. The van der Waals surface area contributed by atoms with Gasteiger partial charge in [-0.3, -0.25) is 19.3 Å². The second-order valence-corrected chi connectivity index (χ2v) is 6.53. The van der Waals surface area contributed by atoms with Crippen LogP contribution in [-0.4, -0.2) is 81.6 Å². The number of carbonyl (C=O) groups is 4. The minimum atomic E-state index is -1.19. The zero-order chi connectivity index (χ0) is 18.7. The van der Waals surface area contributed by atoms with Crippen LogP contribution in [0.5, 0.6) is 0 Å². The average molecular weight is 356 g/mol. The Kier molecular flexibility index (Phi) is 5.83. The van der Waals surface area contributed by atoms with E-state index in [4.69, 9.17) is 10.8 Å². The van der Waals surface area contributed by atoms with Crippen molar-refractivity contribution in [3.63, 3.8) is 0 Å². The molecule has 0 aromatic rings. The van der Waals surface area contributed by atoms with E-state index in [1.54, 1.807) is 0 Å². The molecule has 0 saturated carbocycles. The quantitative estimate of drug-likeness (QED) is 0.462. The zero-order valence-corrected chi connectivity index (χ0v) is 14.1. The van der Waals surface area contributed by atoms with Gasteiger partial charge in [-0.05, 0) is 26.2 Å². The Labute approximate surface area is 144 Å². The largest absolute Gasteiger partial charge is 0.465 e. The van der Waals surface area contributed by atoms with E-state index in [9.17, 15) is 24.3 Å². The molecular weight excluding hydrogens is 332 g/mol. The number of carboxylic acid groups (broad SMARTS) is 1. The zero-order valence-electron chi connectivity index (χ0n) is 14.1. The van der Waals surface area contributed by atoms with Gasteiger partial charge >= 0.3 is 6.09 Å². The van der Waals surface area contributed by atoms with Crippen molar-refractivity contribution in [3.8, 4) is 0 Å². The van der Waals surface area contributed by atoms with E-state index in [1.165, 1.54) is 11.8 Å². The summed E-state index contributed by atoms with van der Waals surface area (Å²) in [5.41, 5.74) is 5.15. The van der Waals surface area contributed by atoms with E-state index in [-0.39, 0.29) is 12.5 Å². The fourth-order valence-electron chi connectivity index (χ4n) is 3.34. The summed E-state index contributed by atoms with van der Waals surface area (Å²) in [5, 5.41) is 21.0. The van der Waals surface area contributed by atoms with Gasteiger partial charge in [0.15, 0.2) is 0 Å². The minimum absolute atomic E-state index is 0.153. The molecule has 2 heterocycles. The van der Waals surface area contributed by atoms with Gasteiger partial charge in [-0.15, -0.1) is 0 Å². The summed E-state index contributed by atoms with van der Waals surface area (Å²) in [7, 11) is 0. The molecule has 4 atom stereocenters. The molecule has 2 fully saturated rings. The first-order valence-electron chi connectivity index (χ1n) is 8.28. The predicted molar refractivity (Wildman–Crippen MR) is 85.2 cm³/mol. The number of likely N-dealkylation sites (tertiary alicyclic amines) is 2. The van der Waals surface area contributed by atoms with E-state index in [1.807, 2.05) is 0 Å². The first kappa shape index (κ1) is 19.0. The third-order valence-electron chi connectivity index (χ3n) is 4.74. The molecule has 2 rings (SSSR count). The van der Waals surface area contributed by atoms with Crippen LogP contribution in [-0.2, 0) is 14.4 Å². The number of aliphatic hydroxyl groups is 1. The minimum Gasteiger partial charge on any atom is -0.465 e. The number of rotatable bonds is 5. The molecule has 10 nitrogen and oxygen atoms in total. The summed E-state index contributed by atoms with van der Waals surface area (Å²) in [5.74, 6) is -2.11. The van der Waals surface area contributed by atoms with Crippen molar-refractivity contribution in [3.05, 3.63) is 0 Å². The lowest BCUT2D eigenvalue weighted by molar-refractivity contribution is -0.135. The van der Waals surface area contributed by atoms with Crippen LogP contribution in [0.3, 0.4) is 0 Å². The molecule has 5 N–H and O–H groups in total. The summed E-state index contributed by atoms with van der Waals surface area (Å²) in [4.78, 5) is 49.8. The van der Waals surface area contributed by atoms with Gasteiger partial charge in [0.05, 0.1) is 12.0 Å². The van der Waals surface area contributed by atoms with Crippen LogP contribution in [0.25, 0.3) is 0 Å². The molecule has 0 aromatic heterocycles. The van der Waals surface area contributed by atoms with Crippen LogP contribution in [0.1, 0.15) is 26.2 Å². The van der Waals surface area contributed by atoms with E-state index in [2.05, 4.69) is 5.32 Å². The Hall–Kier alpha value is -2.36. The van der Waals surface area contributed by atoms with Crippen LogP contribution < -0.4 is 11.1 Å².